The van der Waals surface area contributed by atoms with Gasteiger partial charge in [0.15, 0.2) is 0 Å². The summed E-state index contributed by atoms with van der Waals surface area (Å²) in [7, 11) is 3.28. The second-order valence-corrected chi connectivity index (χ2v) is 5.10. The number of hydrogen-bond donors (Lipinski definition) is 0. The third-order valence-corrected chi connectivity index (χ3v) is 3.93. The highest BCUT2D eigenvalue weighted by Crippen LogP contribution is 2.35. The van der Waals surface area contributed by atoms with E-state index in [4.69, 9.17) is 21.1 Å². The van der Waals surface area contributed by atoms with E-state index in [9.17, 15) is 0 Å². The summed E-state index contributed by atoms with van der Waals surface area (Å²) in [6.07, 6.45) is 0. The molecule has 0 aliphatic rings. The zero-order valence-corrected chi connectivity index (χ0v) is 11.7. The Morgan fingerprint density at radius 3 is 2.06 bits per heavy atom. The van der Waals surface area contributed by atoms with Gasteiger partial charge in [-0.1, -0.05) is 23.4 Å². The van der Waals surface area contributed by atoms with Crippen LogP contribution in [0.2, 0.25) is 5.02 Å². The molecule has 4 heteroatoms. The largest absolute Gasteiger partial charge is 0.497 e. The van der Waals surface area contributed by atoms with Gasteiger partial charge in [-0.2, -0.15) is 0 Å². The minimum atomic E-state index is 0.690. The lowest BCUT2D eigenvalue weighted by atomic mass is 10.3. The zero-order valence-electron chi connectivity index (χ0n) is 10.1. The summed E-state index contributed by atoms with van der Waals surface area (Å²) in [6, 6.07) is 13.5. The van der Waals surface area contributed by atoms with Crippen LogP contribution in [-0.2, 0) is 0 Å². The summed E-state index contributed by atoms with van der Waals surface area (Å²) in [5, 5.41) is 0.690. The van der Waals surface area contributed by atoms with E-state index >= 15 is 0 Å². The van der Waals surface area contributed by atoms with Crippen molar-refractivity contribution in [3.8, 4) is 11.5 Å². The molecule has 0 aliphatic heterocycles. The van der Waals surface area contributed by atoms with E-state index in [0.29, 0.717) is 5.02 Å². The van der Waals surface area contributed by atoms with Gasteiger partial charge in [0.1, 0.15) is 11.5 Å². The van der Waals surface area contributed by atoms with Crippen molar-refractivity contribution in [1.29, 1.82) is 0 Å². The van der Waals surface area contributed by atoms with Gasteiger partial charge in [0, 0.05) is 9.79 Å². The Balaban J connectivity index is 2.17. The minimum Gasteiger partial charge on any atom is -0.497 e. The van der Waals surface area contributed by atoms with Gasteiger partial charge in [0.05, 0.1) is 19.2 Å². The quantitative estimate of drug-likeness (QED) is 0.821. The molecule has 0 aromatic heterocycles. The molecule has 0 atom stereocenters. The molecule has 94 valence electrons. The summed E-state index contributed by atoms with van der Waals surface area (Å²) in [4.78, 5) is 2.12. The molecular weight excluding hydrogens is 268 g/mol. The van der Waals surface area contributed by atoms with Crippen molar-refractivity contribution in [2.24, 2.45) is 0 Å². The van der Waals surface area contributed by atoms with Crippen LogP contribution >= 0.6 is 23.4 Å². The van der Waals surface area contributed by atoms with Crippen molar-refractivity contribution in [2.45, 2.75) is 9.79 Å². The van der Waals surface area contributed by atoms with Crippen molar-refractivity contribution in [3.05, 3.63) is 47.5 Å². The normalized spacial score (nSPS) is 10.2. The van der Waals surface area contributed by atoms with Crippen LogP contribution in [0.4, 0.5) is 0 Å². The van der Waals surface area contributed by atoms with Gasteiger partial charge in [-0.05, 0) is 42.5 Å². The molecule has 0 bridgehead atoms. The van der Waals surface area contributed by atoms with Gasteiger partial charge < -0.3 is 9.47 Å². The topological polar surface area (TPSA) is 18.5 Å². The maximum absolute atomic E-state index is 6.19. The zero-order chi connectivity index (χ0) is 13.0. The molecule has 2 rings (SSSR count). The minimum absolute atomic E-state index is 0.690. The van der Waals surface area contributed by atoms with E-state index in [1.54, 1.807) is 26.0 Å². The fourth-order valence-electron chi connectivity index (χ4n) is 1.46. The van der Waals surface area contributed by atoms with Crippen molar-refractivity contribution < 1.29 is 9.47 Å². The first-order valence-corrected chi connectivity index (χ1v) is 6.58. The van der Waals surface area contributed by atoms with Crippen molar-refractivity contribution in [2.75, 3.05) is 14.2 Å². The van der Waals surface area contributed by atoms with Crippen LogP contribution in [0.3, 0.4) is 0 Å². The molecule has 0 saturated carbocycles. The van der Waals surface area contributed by atoms with Gasteiger partial charge in [0.25, 0.3) is 0 Å². The lowest BCUT2D eigenvalue weighted by Gasteiger charge is -2.07. The average molecular weight is 281 g/mol. The lowest BCUT2D eigenvalue weighted by molar-refractivity contribution is 0.414. The summed E-state index contributed by atoms with van der Waals surface area (Å²) in [5.74, 6) is 1.61. The third kappa shape index (κ3) is 3.12. The lowest BCUT2D eigenvalue weighted by Crippen LogP contribution is -1.84. The van der Waals surface area contributed by atoms with Gasteiger partial charge in [-0.25, -0.2) is 0 Å². The Morgan fingerprint density at radius 1 is 0.889 bits per heavy atom. The summed E-state index contributed by atoms with van der Waals surface area (Å²) in [6.45, 7) is 0. The van der Waals surface area contributed by atoms with E-state index in [2.05, 4.69) is 0 Å². The molecule has 0 radical (unpaired) electrons. The second-order valence-electron chi connectivity index (χ2n) is 3.57. The molecule has 0 fully saturated rings. The van der Waals surface area contributed by atoms with Gasteiger partial charge >= 0.3 is 0 Å². The number of rotatable bonds is 4. The van der Waals surface area contributed by atoms with Gasteiger partial charge in [-0.15, -0.1) is 0 Å². The molecule has 18 heavy (non-hydrogen) atoms. The third-order valence-electron chi connectivity index (χ3n) is 2.43. The first-order valence-electron chi connectivity index (χ1n) is 5.38. The van der Waals surface area contributed by atoms with E-state index in [0.717, 1.165) is 21.3 Å². The Morgan fingerprint density at radius 2 is 1.50 bits per heavy atom. The summed E-state index contributed by atoms with van der Waals surface area (Å²) < 4.78 is 10.2. The molecule has 0 saturated heterocycles. The van der Waals surface area contributed by atoms with Crippen LogP contribution in [0.1, 0.15) is 0 Å². The fraction of sp³-hybridized carbons (Fsp3) is 0.143. The van der Waals surface area contributed by atoms with E-state index < -0.39 is 0 Å². The number of methoxy groups -OCH3 is 2. The summed E-state index contributed by atoms with van der Waals surface area (Å²) >= 11 is 7.80. The molecule has 2 aromatic carbocycles. The number of hydrogen-bond acceptors (Lipinski definition) is 3. The van der Waals surface area contributed by atoms with Gasteiger partial charge in [0.2, 0.25) is 0 Å². The first kappa shape index (κ1) is 13.1. The Kier molecular flexibility index (Phi) is 4.39. The predicted octanol–water partition coefficient (Wildman–Crippen LogP) is 4.51. The highest BCUT2D eigenvalue weighted by Gasteiger charge is 2.04. The highest BCUT2D eigenvalue weighted by atomic mass is 35.5. The monoisotopic (exact) mass is 280 g/mol. The molecule has 0 aliphatic carbocycles. The fourth-order valence-corrected chi connectivity index (χ4v) is 2.57. The first-order chi connectivity index (χ1) is 8.72. The standard InChI is InChI=1S/C14H13ClO2S/c1-16-10-3-6-12(7-4-10)18-14-8-5-11(17-2)9-13(14)15/h3-9H,1-2H3. The predicted molar refractivity (Wildman–Crippen MR) is 75.1 cm³/mol. The van der Waals surface area contributed by atoms with Crippen LogP contribution in [0.15, 0.2) is 52.3 Å². The Labute approximate surface area is 116 Å². The second kappa shape index (κ2) is 6.03. The maximum Gasteiger partial charge on any atom is 0.120 e. The molecule has 0 heterocycles. The highest BCUT2D eigenvalue weighted by molar-refractivity contribution is 7.99. The van der Waals surface area contributed by atoms with E-state index in [-0.39, 0.29) is 0 Å². The van der Waals surface area contributed by atoms with Crippen LogP contribution in [0.5, 0.6) is 11.5 Å². The molecule has 0 amide bonds. The SMILES string of the molecule is COc1ccc(Sc2ccc(OC)cc2Cl)cc1. The number of benzene rings is 2. The maximum atomic E-state index is 6.19. The van der Waals surface area contributed by atoms with Crippen LogP contribution in [0.25, 0.3) is 0 Å². The molecule has 2 aromatic rings. The molecule has 2 nitrogen and oxygen atoms in total. The van der Waals surface area contributed by atoms with E-state index in [1.807, 2.05) is 42.5 Å². The number of ether oxygens (including phenoxy) is 2. The van der Waals surface area contributed by atoms with Crippen molar-refractivity contribution in [1.82, 2.24) is 0 Å². The van der Waals surface area contributed by atoms with Crippen molar-refractivity contribution >= 4 is 23.4 Å². The van der Waals surface area contributed by atoms with Crippen molar-refractivity contribution in [3.63, 3.8) is 0 Å². The Bertz CT molecular complexity index is 526. The smallest absolute Gasteiger partial charge is 0.120 e. The summed E-state index contributed by atoms with van der Waals surface area (Å²) in [5.41, 5.74) is 0. The molecular formula is C14H13ClO2S. The van der Waals surface area contributed by atoms with Crippen LogP contribution < -0.4 is 9.47 Å². The van der Waals surface area contributed by atoms with Gasteiger partial charge in [-0.3, -0.25) is 0 Å². The molecule has 0 N–H and O–H groups in total. The van der Waals surface area contributed by atoms with E-state index in [1.165, 1.54) is 0 Å². The average Bonchev–Trinajstić information content (AvgIpc) is 2.42. The van der Waals surface area contributed by atoms with Crippen LogP contribution in [0, 0.1) is 0 Å². The molecule has 0 unspecified atom stereocenters. The Hall–Kier alpha value is -1.32. The number of halogens is 1. The van der Waals surface area contributed by atoms with Crippen LogP contribution in [-0.4, -0.2) is 14.2 Å². The molecule has 0 spiro atoms.